The minimum atomic E-state index is -0.410. The first-order chi connectivity index (χ1) is 11.9. The molecule has 2 aromatic rings. The van der Waals surface area contributed by atoms with Gasteiger partial charge in [0.05, 0.1) is 5.60 Å². The van der Waals surface area contributed by atoms with Gasteiger partial charge < -0.3 is 19.6 Å². The van der Waals surface area contributed by atoms with Crippen LogP contribution in [0.25, 0.3) is 0 Å². The number of rotatable bonds is 5. The van der Waals surface area contributed by atoms with Gasteiger partial charge in [-0.25, -0.2) is 4.79 Å². The van der Waals surface area contributed by atoms with Crippen molar-refractivity contribution in [2.24, 2.45) is 0 Å². The van der Waals surface area contributed by atoms with Gasteiger partial charge in [0.2, 0.25) is 0 Å². The standard InChI is InChI=1S/C15H14NO2.C5H9O2.W/c17-15(16-11-13-7-3-1-4-8-13)18-12-14-9-5-2-6-10-14;1-5(2,3)7-4-6;/h2-10H,11-12H2,(H,16,17);1-3H3;/q2*-1;+2. The van der Waals surface area contributed by atoms with Gasteiger partial charge in [0.15, 0.2) is 0 Å². The van der Waals surface area contributed by atoms with Gasteiger partial charge in [0.1, 0.15) is 6.61 Å². The van der Waals surface area contributed by atoms with E-state index in [1.54, 1.807) is 20.8 Å². The van der Waals surface area contributed by atoms with E-state index in [9.17, 15) is 9.59 Å². The number of nitrogens with one attached hydrogen (secondary N) is 1. The van der Waals surface area contributed by atoms with Crippen molar-refractivity contribution in [1.29, 1.82) is 0 Å². The Morgan fingerprint density at radius 2 is 1.69 bits per heavy atom. The summed E-state index contributed by atoms with van der Waals surface area (Å²) in [6.07, 6.45) is -0.410. The normalized spacial score (nSPS) is 9.65. The summed E-state index contributed by atoms with van der Waals surface area (Å²) in [6.45, 7) is 7.47. The molecule has 1 amide bonds. The number of carbonyl (C=O) groups excluding carboxylic acids is 2. The second-order valence-corrected chi connectivity index (χ2v) is 6.12. The molecule has 0 heterocycles. The van der Waals surface area contributed by atoms with Crippen LogP contribution in [0.2, 0.25) is 0 Å². The Balaban J connectivity index is 0.000000673. The largest absolute Gasteiger partial charge is 2.00 e. The van der Waals surface area contributed by atoms with Crippen molar-refractivity contribution in [1.82, 2.24) is 5.32 Å². The number of benzene rings is 2. The van der Waals surface area contributed by atoms with Crippen molar-refractivity contribution < 1.29 is 40.1 Å². The second-order valence-electron chi connectivity index (χ2n) is 6.12. The minimum Gasteiger partial charge on any atom is -0.649 e. The van der Waals surface area contributed by atoms with E-state index in [0.717, 1.165) is 11.1 Å². The summed E-state index contributed by atoms with van der Waals surface area (Å²) in [7, 11) is 0. The van der Waals surface area contributed by atoms with Crippen LogP contribution in [0.4, 0.5) is 4.79 Å². The number of carbonyl (C=O) groups is 1. The third-order valence-electron chi connectivity index (χ3n) is 2.78. The number of ether oxygens (including phenoxy) is 2. The Labute approximate surface area is 169 Å². The summed E-state index contributed by atoms with van der Waals surface area (Å²) in [6, 6.07) is 19.9. The van der Waals surface area contributed by atoms with Crippen molar-refractivity contribution in [2.45, 2.75) is 39.5 Å². The number of hydrogen-bond donors (Lipinski definition) is 1. The van der Waals surface area contributed by atoms with Gasteiger partial charge in [0.25, 0.3) is 0 Å². The molecule has 26 heavy (non-hydrogen) atoms. The van der Waals surface area contributed by atoms with Gasteiger partial charge in [-0.1, -0.05) is 36.8 Å². The maximum absolute atomic E-state index is 11.4. The molecule has 2 aromatic carbocycles. The zero-order valence-corrected chi connectivity index (χ0v) is 18.1. The first-order valence-electron chi connectivity index (χ1n) is 7.85. The second kappa shape index (κ2) is 13.1. The SMILES string of the molecule is CC(C)(C)O[C-]=O.O=C(NCc1cc[c-]cc1)OCc1ccccc1.[W+2]. The van der Waals surface area contributed by atoms with Gasteiger partial charge in [-0.2, -0.15) is 30.3 Å². The van der Waals surface area contributed by atoms with E-state index in [4.69, 9.17) is 4.74 Å². The Morgan fingerprint density at radius 1 is 1.08 bits per heavy atom. The van der Waals surface area contributed by atoms with Crippen molar-refractivity contribution in [3.8, 4) is 0 Å². The Hall–Kier alpha value is -2.13. The molecule has 2 rings (SSSR count). The fraction of sp³-hybridized carbons (Fsp3) is 0.300. The molecule has 1 N–H and O–H groups in total. The van der Waals surface area contributed by atoms with E-state index < -0.39 is 6.09 Å². The molecular formula is C20H23NO4W. The smallest absolute Gasteiger partial charge is 0.649 e. The van der Waals surface area contributed by atoms with Crippen LogP contribution in [0, 0.1) is 6.07 Å². The van der Waals surface area contributed by atoms with E-state index in [-0.39, 0.29) is 33.3 Å². The van der Waals surface area contributed by atoms with Crippen LogP contribution in [0.15, 0.2) is 54.6 Å². The quantitative estimate of drug-likeness (QED) is 0.604. The third kappa shape index (κ3) is 12.3. The van der Waals surface area contributed by atoms with Crippen molar-refractivity contribution in [2.75, 3.05) is 0 Å². The maximum atomic E-state index is 11.4. The molecule has 0 bridgehead atoms. The average molecular weight is 525 g/mol. The van der Waals surface area contributed by atoms with E-state index >= 15 is 0 Å². The molecule has 0 aliphatic rings. The van der Waals surface area contributed by atoms with Crippen LogP contribution in [0.3, 0.4) is 0 Å². The Morgan fingerprint density at radius 3 is 2.19 bits per heavy atom. The number of hydrogen-bond acceptors (Lipinski definition) is 4. The monoisotopic (exact) mass is 525 g/mol. The number of alkyl carbamates (subject to hydrolysis) is 1. The molecule has 0 spiro atoms. The molecule has 0 saturated carbocycles. The summed E-state index contributed by atoms with van der Waals surface area (Å²) in [5.41, 5.74) is 1.62. The fourth-order valence-corrected chi connectivity index (χ4v) is 1.61. The van der Waals surface area contributed by atoms with Crippen LogP contribution in [-0.2, 0) is 48.5 Å². The van der Waals surface area contributed by atoms with Crippen LogP contribution < -0.4 is 5.32 Å². The molecule has 0 radical (unpaired) electrons. The first-order valence-corrected chi connectivity index (χ1v) is 7.85. The van der Waals surface area contributed by atoms with Crippen molar-refractivity contribution >= 4 is 12.6 Å². The molecule has 5 nitrogen and oxygen atoms in total. The van der Waals surface area contributed by atoms with Crippen LogP contribution in [0.1, 0.15) is 31.9 Å². The van der Waals surface area contributed by atoms with Crippen LogP contribution in [0.5, 0.6) is 0 Å². The molecule has 0 unspecified atom stereocenters. The topological polar surface area (TPSA) is 64.6 Å². The van der Waals surface area contributed by atoms with Crippen molar-refractivity contribution in [3.05, 3.63) is 71.8 Å². The van der Waals surface area contributed by atoms with E-state index in [0.29, 0.717) is 6.54 Å². The van der Waals surface area contributed by atoms with E-state index in [1.165, 1.54) is 6.47 Å². The van der Waals surface area contributed by atoms with Gasteiger partial charge in [-0.05, 0) is 26.3 Å². The van der Waals surface area contributed by atoms with Gasteiger partial charge >= 0.3 is 27.2 Å². The summed E-state index contributed by atoms with van der Waals surface area (Å²) < 4.78 is 9.52. The molecule has 0 aliphatic heterocycles. The summed E-state index contributed by atoms with van der Waals surface area (Å²) in [4.78, 5) is 20.9. The van der Waals surface area contributed by atoms with Gasteiger partial charge in [-0.15, -0.1) is 5.56 Å². The average Bonchev–Trinajstić information content (AvgIpc) is 2.59. The maximum Gasteiger partial charge on any atom is 2.00 e. The Kier molecular flexibility index (Phi) is 12.0. The first kappa shape index (κ1) is 23.9. The minimum absolute atomic E-state index is 0. The zero-order valence-electron chi connectivity index (χ0n) is 15.2. The summed E-state index contributed by atoms with van der Waals surface area (Å²) in [5.74, 6) is 0. The zero-order chi connectivity index (χ0) is 18.5. The molecule has 138 valence electrons. The van der Waals surface area contributed by atoms with Crippen molar-refractivity contribution in [3.63, 3.8) is 0 Å². The summed E-state index contributed by atoms with van der Waals surface area (Å²) >= 11 is 0. The molecule has 0 saturated heterocycles. The number of amides is 1. The predicted molar refractivity (Wildman–Crippen MR) is 95.3 cm³/mol. The third-order valence-corrected chi connectivity index (χ3v) is 2.78. The van der Waals surface area contributed by atoms with Gasteiger partial charge in [0, 0.05) is 6.54 Å². The predicted octanol–water partition coefficient (Wildman–Crippen LogP) is 3.78. The van der Waals surface area contributed by atoms with Crippen LogP contribution >= 0.6 is 0 Å². The summed E-state index contributed by atoms with van der Waals surface area (Å²) in [5, 5.41) is 2.69. The molecule has 0 fully saturated rings. The molecular weight excluding hydrogens is 502 g/mol. The molecule has 6 heteroatoms. The van der Waals surface area contributed by atoms with Crippen LogP contribution in [-0.4, -0.2) is 18.2 Å². The molecule has 0 aromatic heterocycles. The van der Waals surface area contributed by atoms with Gasteiger partial charge in [-0.3, -0.25) is 0 Å². The van der Waals surface area contributed by atoms with E-state index in [2.05, 4.69) is 16.1 Å². The fourth-order valence-electron chi connectivity index (χ4n) is 1.61. The molecule has 0 aliphatic carbocycles. The molecule has 0 atom stereocenters. The van der Waals surface area contributed by atoms with E-state index in [1.807, 2.05) is 54.6 Å². The Bertz CT molecular complexity index is 582.